The van der Waals surface area contributed by atoms with E-state index < -0.39 is 30.2 Å². The summed E-state index contributed by atoms with van der Waals surface area (Å²) < 4.78 is 21.6. The first-order valence-corrected chi connectivity index (χ1v) is 10.8. The number of ether oxygens (including phenoxy) is 4. The number of nitrogens with one attached hydrogen (secondary N) is 1. The minimum Gasteiger partial charge on any atom is -0.491 e. The monoisotopic (exact) mass is 477 g/mol. The van der Waals surface area contributed by atoms with E-state index in [2.05, 4.69) is 17.9 Å². The molecule has 2 aromatic carbocycles. The van der Waals surface area contributed by atoms with Crippen LogP contribution in [0.5, 0.6) is 5.75 Å². The fourth-order valence-corrected chi connectivity index (χ4v) is 3.02. The van der Waals surface area contributed by atoms with Gasteiger partial charge in [0, 0.05) is 19.1 Å². The third-order valence-corrected chi connectivity index (χ3v) is 4.73. The van der Waals surface area contributed by atoms with Crippen molar-refractivity contribution >= 4 is 30.6 Å². The summed E-state index contributed by atoms with van der Waals surface area (Å²) in [6.45, 7) is -0.0528. The molecule has 0 aliphatic carbocycles. The Morgan fingerprint density at radius 1 is 1.06 bits per heavy atom. The average molecular weight is 478 g/mol. The molecule has 10 heteroatoms. The van der Waals surface area contributed by atoms with Gasteiger partial charge in [0.15, 0.2) is 6.10 Å². The van der Waals surface area contributed by atoms with Gasteiger partial charge in [-0.2, -0.15) is 12.6 Å². The number of imide groups is 1. The smallest absolute Gasteiger partial charge is 0.414 e. The highest BCUT2D eigenvalue weighted by Crippen LogP contribution is 2.28. The van der Waals surface area contributed by atoms with Crippen LogP contribution in [0, 0.1) is 0 Å². The van der Waals surface area contributed by atoms with E-state index in [4.69, 9.17) is 24.1 Å². The van der Waals surface area contributed by atoms with Crippen molar-refractivity contribution in [2.24, 2.45) is 0 Å². The van der Waals surface area contributed by atoms with Gasteiger partial charge in [0.2, 0.25) is 0 Å². The van der Waals surface area contributed by atoms with Crippen LogP contribution in [0.4, 0.5) is 4.79 Å². The number of amides is 2. The van der Waals surface area contributed by atoms with E-state index >= 15 is 0 Å². The maximum absolute atomic E-state index is 12.5. The number of methoxy groups -OCH3 is 1. The lowest BCUT2D eigenvalue weighted by atomic mass is 10.0. The van der Waals surface area contributed by atoms with E-state index in [9.17, 15) is 14.4 Å². The predicted octanol–water partition coefficient (Wildman–Crippen LogP) is 2.54. The van der Waals surface area contributed by atoms with Crippen molar-refractivity contribution < 1.29 is 38.4 Å². The van der Waals surface area contributed by atoms with Crippen LogP contribution in [0.3, 0.4) is 0 Å². The summed E-state index contributed by atoms with van der Waals surface area (Å²) in [7, 11) is 1.43. The highest BCUT2D eigenvalue weighted by atomic mass is 32.1. The Balaban J connectivity index is 2.19. The van der Waals surface area contributed by atoms with Gasteiger partial charge < -0.3 is 24.1 Å². The van der Waals surface area contributed by atoms with Gasteiger partial charge in [-0.3, -0.25) is 14.9 Å². The summed E-state index contributed by atoms with van der Waals surface area (Å²) >= 11 is 3.86. The number of aliphatic hydroxyl groups is 1. The maximum atomic E-state index is 12.5. The second-order valence-electron chi connectivity index (χ2n) is 6.73. The Morgan fingerprint density at radius 2 is 1.82 bits per heavy atom. The van der Waals surface area contributed by atoms with Crippen LogP contribution in [-0.2, 0) is 19.0 Å². The van der Waals surface area contributed by atoms with Crippen LogP contribution in [-0.4, -0.2) is 61.9 Å². The molecule has 2 atom stereocenters. The Bertz CT molecular complexity index is 908. The van der Waals surface area contributed by atoms with Gasteiger partial charge in [-0.05, 0) is 29.8 Å². The van der Waals surface area contributed by atoms with Crippen LogP contribution in [0.2, 0.25) is 0 Å². The lowest BCUT2D eigenvalue weighted by molar-refractivity contribution is -0.141. The molecular formula is C23H27NO8S. The molecule has 0 aromatic heterocycles. The molecule has 0 bridgehead atoms. The Morgan fingerprint density at radius 3 is 2.48 bits per heavy atom. The molecule has 178 valence electrons. The average Bonchev–Trinajstić information content (AvgIpc) is 2.84. The van der Waals surface area contributed by atoms with Crippen LogP contribution < -0.4 is 10.1 Å². The van der Waals surface area contributed by atoms with Crippen LogP contribution in [0.25, 0.3) is 0 Å². The lowest BCUT2D eigenvalue weighted by Crippen LogP contribution is -2.35. The zero-order chi connectivity index (χ0) is 24.1. The number of esters is 1. The van der Waals surface area contributed by atoms with E-state index in [1.807, 2.05) is 0 Å². The van der Waals surface area contributed by atoms with E-state index in [-0.39, 0.29) is 32.0 Å². The summed E-state index contributed by atoms with van der Waals surface area (Å²) in [5.74, 6) is -0.717. The van der Waals surface area contributed by atoms with Gasteiger partial charge in [0.25, 0.3) is 5.91 Å². The van der Waals surface area contributed by atoms with Crippen molar-refractivity contribution in [1.29, 1.82) is 0 Å². The first-order chi connectivity index (χ1) is 16.0. The molecule has 2 N–H and O–H groups in total. The molecule has 0 saturated carbocycles. The molecule has 0 radical (unpaired) electrons. The third-order valence-electron chi connectivity index (χ3n) is 4.47. The van der Waals surface area contributed by atoms with Crippen molar-refractivity contribution in [3.63, 3.8) is 0 Å². The normalized spacial score (nSPS) is 12.3. The number of thiol groups is 1. The van der Waals surface area contributed by atoms with Gasteiger partial charge >= 0.3 is 12.1 Å². The third kappa shape index (κ3) is 8.76. The van der Waals surface area contributed by atoms with Crippen molar-refractivity contribution in [1.82, 2.24) is 5.32 Å². The van der Waals surface area contributed by atoms with Gasteiger partial charge in [-0.1, -0.05) is 30.3 Å². The van der Waals surface area contributed by atoms with Gasteiger partial charge in [-0.15, -0.1) is 0 Å². The Labute approximate surface area is 197 Å². The molecule has 33 heavy (non-hydrogen) atoms. The fraction of sp³-hybridized carbons (Fsp3) is 0.348. The summed E-state index contributed by atoms with van der Waals surface area (Å²) in [6, 6.07) is 15.0. The van der Waals surface area contributed by atoms with E-state index in [0.717, 1.165) is 0 Å². The van der Waals surface area contributed by atoms with Crippen molar-refractivity contribution in [2.45, 2.75) is 18.6 Å². The zero-order valence-corrected chi connectivity index (χ0v) is 19.0. The molecule has 0 aliphatic heterocycles. The molecule has 0 aliphatic rings. The molecule has 2 rings (SSSR count). The highest BCUT2D eigenvalue weighted by Gasteiger charge is 2.29. The number of alkyl carbamates (subject to hydrolysis) is 1. The van der Waals surface area contributed by atoms with E-state index in [0.29, 0.717) is 16.9 Å². The second-order valence-corrected chi connectivity index (χ2v) is 7.05. The van der Waals surface area contributed by atoms with Gasteiger partial charge in [-0.25, -0.2) is 4.79 Å². The summed E-state index contributed by atoms with van der Waals surface area (Å²) in [5, 5.41) is 11.2. The van der Waals surface area contributed by atoms with Gasteiger partial charge in [0.1, 0.15) is 18.5 Å². The highest BCUT2D eigenvalue weighted by molar-refractivity contribution is 7.81. The summed E-state index contributed by atoms with van der Waals surface area (Å²) in [6.07, 6.45) is -2.42. The predicted molar refractivity (Wildman–Crippen MR) is 122 cm³/mol. The van der Waals surface area contributed by atoms with E-state index in [1.165, 1.54) is 7.11 Å². The minimum absolute atomic E-state index is 0.0169. The Hall–Kier alpha value is -3.08. The zero-order valence-electron chi connectivity index (χ0n) is 18.1. The topological polar surface area (TPSA) is 120 Å². The molecule has 0 fully saturated rings. The molecule has 0 saturated heterocycles. The van der Waals surface area contributed by atoms with Crippen molar-refractivity contribution in [2.75, 3.05) is 32.7 Å². The van der Waals surface area contributed by atoms with Crippen LogP contribution in [0.15, 0.2) is 54.6 Å². The number of carbonyl (C=O) groups excluding carboxylic acids is 3. The number of carbonyl (C=O) groups is 3. The van der Waals surface area contributed by atoms with Crippen LogP contribution >= 0.6 is 12.6 Å². The van der Waals surface area contributed by atoms with Crippen molar-refractivity contribution in [3.8, 4) is 5.75 Å². The molecule has 0 unspecified atom stereocenters. The minimum atomic E-state index is -0.968. The quantitative estimate of drug-likeness (QED) is 0.315. The number of benzene rings is 2. The number of hydrogen-bond acceptors (Lipinski definition) is 9. The molecule has 2 aromatic rings. The van der Waals surface area contributed by atoms with Crippen LogP contribution in [0.1, 0.15) is 28.4 Å². The largest absolute Gasteiger partial charge is 0.491 e. The molecule has 0 spiro atoms. The molecular weight excluding hydrogens is 450 g/mol. The molecule has 2 amide bonds. The second kappa shape index (κ2) is 14.1. The first-order valence-electron chi connectivity index (χ1n) is 10.2. The summed E-state index contributed by atoms with van der Waals surface area (Å²) in [4.78, 5) is 36.3. The van der Waals surface area contributed by atoms with Gasteiger partial charge in [0.05, 0.1) is 19.0 Å². The first kappa shape index (κ1) is 26.2. The standard InChI is InChI=1S/C23H27NO8S/c1-29-19(10-12-31-20(26)15-33)21(17-8-5-9-18(14-17)30-13-11-25)32-23(28)24-22(27)16-6-3-2-4-7-16/h2-9,14,19,21,25,33H,10-13,15H2,1H3,(H,24,27,28)/t19-,21-/m0/s1. The molecule has 0 heterocycles. The van der Waals surface area contributed by atoms with E-state index in [1.54, 1.807) is 54.6 Å². The SMILES string of the molecule is CO[C@@H](CCOC(=O)CS)[C@@H](OC(=O)NC(=O)c1ccccc1)c1cccc(OCCO)c1. The van der Waals surface area contributed by atoms with Crippen molar-refractivity contribution in [3.05, 3.63) is 65.7 Å². The number of aliphatic hydroxyl groups excluding tert-OH is 1. The maximum Gasteiger partial charge on any atom is 0.414 e. The molecule has 9 nitrogen and oxygen atoms in total. The fourth-order valence-electron chi connectivity index (χ4n) is 2.93. The lowest BCUT2D eigenvalue weighted by Gasteiger charge is -2.26. The number of rotatable bonds is 12. The summed E-state index contributed by atoms with van der Waals surface area (Å²) in [5.41, 5.74) is 0.826. The Kier molecular flexibility index (Phi) is 11.2. The number of hydrogen-bond donors (Lipinski definition) is 3.